The highest BCUT2D eigenvalue weighted by Crippen LogP contribution is 2.16. The largest absolute Gasteiger partial charge is 0.466 e. The minimum Gasteiger partial charge on any atom is -0.466 e. The molecule has 2 atom stereocenters. The standard InChI is InChI=1S/C12H20O4/c1-10(6-5-7-11(13)14-2)16-12-8-3-4-9-15-12/h5,7,10,12H,3-4,6,8-9H2,1-2H3/b7-5+/t10-,12?/m0/s1. The topological polar surface area (TPSA) is 44.8 Å². The molecule has 0 bridgehead atoms. The average Bonchev–Trinajstić information content (AvgIpc) is 2.30. The third kappa shape index (κ3) is 5.28. The van der Waals surface area contributed by atoms with Crippen LogP contribution < -0.4 is 0 Å². The van der Waals surface area contributed by atoms with Crippen LogP contribution in [0.25, 0.3) is 0 Å². The van der Waals surface area contributed by atoms with Crippen LogP contribution >= 0.6 is 0 Å². The molecular formula is C12H20O4. The average molecular weight is 228 g/mol. The van der Waals surface area contributed by atoms with Gasteiger partial charge in [-0.1, -0.05) is 6.08 Å². The smallest absolute Gasteiger partial charge is 0.330 e. The minimum atomic E-state index is -0.332. The van der Waals surface area contributed by atoms with Crippen LogP contribution in [-0.4, -0.2) is 32.1 Å². The highest BCUT2D eigenvalue weighted by molar-refractivity contribution is 5.81. The zero-order chi connectivity index (χ0) is 11.8. The van der Waals surface area contributed by atoms with Crippen molar-refractivity contribution in [1.29, 1.82) is 0 Å². The van der Waals surface area contributed by atoms with Crippen LogP contribution in [0.4, 0.5) is 0 Å². The van der Waals surface area contributed by atoms with E-state index in [2.05, 4.69) is 4.74 Å². The third-order valence-corrected chi connectivity index (χ3v) is 2.45. The van der Waals surface area contributed by atoms with Gasteiger partial charge in [0.1, 0.15) is 0 Å². The molecular weight excluding hydrogens is 208 g/mol. The summed E-state index contributed by atoms with van der Waals surface area (Å²) in [6, 6.07) is 0. The highest BCUT2D eigenvalue weighted by atomic mass is 16.7. The van der Waals surface area contributed by atoms with Gasteiger partial charge in [-0.2, -0.15) is 0 Å². The molecule has 4 heteroatoms. The maximum Gasteiger partial charge on any atom is 0.330 e. The van der Waals surface area contributed by atoms with E-state index in [1.807, 2.05) is 6.92 Å². The molecule has 0 aromatic carbocycles. The second-order valence-corrected chi connectivity index (χ2v) is 3.90. The fourth-order valence-corrected chi connectivity index (χ4v) is 1.56. The van der Waals surface area contributed by atoms with Gasteiger partial charge in [0.2, 0.25) is 0 Å². The van der Waals surface area contributed by atoms with Crippen molar-refractivity contribution in [1.82, 2.24) is 0 Å². The Hall–Kier alpha value is -0.870. The van der Waals surface area contributed by atoms with Gasteiger partial charge >= 0.3 is 5.97 Å². The van der Waals surface area contributed by atoms with Gasteiger partial charge in [-0.3, -0.25) is 0 Å². The van der Waals surface area contributed by atoms with Gasteiger partial charge in [-0.05, 0) is 32.6 Å². The number of carbonyl (C=O) groups is 1. The maximum atomic E-state index is 10.8. The first-order valence-electron chi connectivity index (χ1n) is 5.74. The van der Waals surface area contributed by atoms with E-state index in [4.69, 9.17) is 9.47 Å². The zero-order valence-electron chi connectivity index (χ0n) is 9.98. The Morgan fingerprint density at radius 3 is 3.00 bits per heavy atom. The predicted octanol–water partition coefficient (Wildman–Crippen LogP) is 2.04. The van der Waals surface area contributed by atoms with E-state index < -0.39 is 0 Å². The van der Waals surface area contributed by atoms with Crippen LogP contribution in [0, 0.1) is 0 Å². The van der Waals surface area contributed by atoms with E-state index in [9.17, 15) is 4.79 Å². The molecule has 16 heavy (non-hydrogen) atoms. The van der Waals surface area contributed by atoms with E-state index in [1.54, 1.807) is 6.08 Å². The molecule has 1 aliphatic rings. The van der Waals surface area contributed by atoms with Crippen molar-refractivity contribution in [2.24, 2.45) is 0 Å². The molecule has 1 unspecified atom stereocenters. The number of hydrogen-bond acceptors (Lipinski definition) is 4. The van der Waals surface area contributed by atoms with Crippen LogP contribution in [0.1, 0.15) is 32.6 Å². The van der Waals surface area contributed by atoms with Gasteiger partial charge < -0.3 is 14.2 Å². The maximum absolute atomic E-state index is 10.8. The van der Waals surface area contributed by atoms with Gasteiger partial charge in [0.15, 0.2) is 6.29 Å². The Bertz CT molecular complexity index is 231. The summed E-state index contributed by atoms with van der Waals surface area (Å²) < 4.78 is 15.6. The molecule has 1 saturated heterocycles. The van der Waals surface area contributed by atoms with Crippen LogP contribution in [0.5, 0.6) is 0 Å². The first-order valence-corrected chi connectivity index (χ1v) is 5.74. The van der Waals surface area contributed by atoms with Crippen LogP contribution in [-0.2, 0) is 19.0 Å². The number of hydrogen-bond donors (Lipinski definition) is 0. The van der Waals surface area contributed by atoms with Crippen molar-refractivity contribution >= 4 is 5.97 Å². The molecule has 0 spiro atoms. The molecule has 1 rings (SSSR count). The van der Waals surface area contributed by atoms with E-state index in [0.29, 0.717) is 6.42 Å². The van der Waals surface area contributed by atoms with Gasteiger partial charge in [-0.25, -0.2) is 4.79 Å². The summed E-state index contributed by atoms with van der Waals surface area (Å²) in [6.45, 7) is 2.76. The summed E-state index contributed by atoms with van der Waals surface area (Å²) in [6.07, 6.45) is 7.10. The SMILES string of the molecule is COC(=O)/C=C/C[C@H](C)OC1CCCCO1. The first kappa shape index (κ1) is 13.2. The highest BCUT2D eigenvalue weighted by Gasteiger charge is 2.16. The number of ether oxygens (including phenoxy) is 3. The Kier molecular flexibility index (Phi) is 6.11. The number of carbonyl (C=O) groups excluding carboxylic acids is 1. The summed E-state index contributed by atoms with van der Waals surface area (Å²) >= 11 is 0. The zero-order valence-corrected chi connectivity index (χ0v) is 9.98. The molecule has 0 amide bonds. The number of rotatable bonds is 5. The van der Waals surface area contributed by atoms with Crippen molar-refractivity contribution in [3.8, 4) is 0 Å². The lowest BCUT2D eigenvalue weighted by molar-refractivity contribution is -0.183. The Morgan fingerprint density at radius 1 is 1.56 bits per heavy atom. The van der Waals surface area contributed by atoms with E-state index in [0.717, 1.165) is 25.9 Å². The molecule has 92 valence electrons. The molecule has 0 aromatic heterocycles. The Morgan fingerprint density at radius 2 is 2.38 bits per heavy atom. The minimum absolute atomic E-state index is 0.0593. The quantitative estimate of drug-likeness (QED) is 0.533. The fraction of sp³-hybridized carbons (Fsp3) is 0.750. The number of methoxy groups -OCH3 is 1. The normalized spacial score (nSPS) is 23.2. The number of esters is 1. The molecule has 0 aliphatic carbocycles. The molecule has 0 saturated carbocycles. The third-order valence-electron chi connectivity index (χ3n) is 2.45. The summed E-state index contributed by atoms with van der Waals surface area (Å²) in [5, 5.41) is 0. The van der Waals surface area contributed by atoms with Crippen molar-refractivity contribution in [3.05, 3.63) is 12.2 Å². The van der Waals surface area contributed by atoms with Crippen LogP contribution in [0.2, 0.25) is 0 Å². The molecule has 0 radical (unpaired) electrons. The molecule has 0 N–H and O–H groups in total. The molecule has 1 heterocycles. The van der Waals surface area contributed by atoms with Crippen molar-refractivity contribution < 1.29 is 19.0 Å². The second kappa shape index (κ2) is 7.41. The lowest BCUT2D eigenvalue weighted by Gasteiger charge is -2.25. The van der Waals surface area contributed by atoms with Gasteiger partial charge in [0, 0.05) is 12.7 Å². The van der Waals surface area contributed by atoms with Gasteiger partial charge in [-0.15, -0.1) is 0 Å². The molecule has 1 aliphatic heterocycles. The Labute approximate surface area is 96.6 Å². The molecule has 1 fully saturated rings. The lowest BCUT2D eigenvalue weighted by Crippen LogP contribution is -2.26. The summed E-state index contributed by atoms with van der Waals surface area (Å²) in [5.41, 5.74) is 0. The Balaban J connectivity index is 2.16. The molecule has 4 nitrogen and oxygen atoms in total. The van der Waals surface area contributed by atoms with Crippen LogP contribution in [0.3, 0.4) is 0 Å². The van der Waals surface area contributed by atoms with Crippen molar-refractivity contribution in [2.75, 3.05) is 13.7 Å². The van der Waals surface area contributed by atoms with E-state index in [1.165, 1.54) is 13.2 Å². The van der Waals surface area contributed by atoms with Crippen molar-refractivity contribution in [3.63, 3.8) is 0 Å². The van der Waals surface area contributed by atoms with Gasteiger partial charge in [0.25, 0.3) is 0 Å². The monoisotopic (exact) mass is 228 g/mol. The van der Waals surface area contributed by atoms with E-state index >= 15 is 0 Å². The van der Waals surface area contributed by atoms with Crippen molar-refractivity contribution in [2.45, 2.75) is 45.0 Å². The van der Waals surface area contributed by atoms with Crippen LogP contribution in [0.15, 0.2) is 12.2 Å². The summed E-state index contributed by atoms with van der Waals surface area (Å²) in [5.74, 6) is -0.332. The fourth-order valence-electron chi connectivity index (χ4n) is 1.56. The lowest BCUT2D eigenvalue weighted by atomic mass is 10.2. The molecule has 0 aromatic rings. The summed E-state index contributed by atoms with van der Waals surface area (Å²) in [7, 11) is 1.36. The van der Waals surface area contributed by atoms with Gasteiger partial charge in [0.05, 0.1) is 13.2 Å². The summed E-state index contributed by atoms with van der Waals surface area (Å²) in [4.78, 5) is 10.8. The van der Waals surface area contributed by atoms with E-state index in [-0.39, 0.29) is 18.4 Å². The first-order chi connectivity index (χ1) is 7.72. The predicted molar refractivity (Wildman–Crippen MR) is 59.9 cm³/mol. The second-order valence-electron chi connectivity index (χ2n) is 3.90.